The van der Waals surface area contributed by atoms with Crippen molar-refractivity contribution >= 4 is 28.9 Å². The van der Waals surface area contributed by atoms with E-state index in [4.69, 9.17) is 9.47 Å². The number of amides is 2. The number of benzene rings is 2. The minimum Gasteiger partial charge on any atom is -0.489 e. The Kier molecular flexibility index (Phi) is 9.47. The summed E-state index contributed by atoms with van der Waals surface area (Å²) in [5, 5.41) is 20.5. The number of carbonyl (C=O) groups is 2. The van der Waals surface area contributed by atoms with Gasteiger partial charge in [-0.15, -0.1) is 0 Å². The van der Waals surface area contributed by atoms with Crippen molar-refractivity contribution < 1.29 is 24.2 Å². The zero-order chi connectivity index (χ0) is 26.0. The molecule has 4 N–H and O–H groups in total. The Hall–Kier alpha value is -3.47. The van der Waals surface area contributed by atoms with Crippen LogP contribution in [0.15, 0.2) is 53.6 Å². The maximum atomic E-state index is 12.3. The SMILES string of the molecule is CC1CC(=O)NN=C1c1ccc(NC(=O)CCNCC(O)COc2ccccc2N2CCOCC2)cc1. The lowest BCUT2D eigenvalue weighted by Crippen LogP contribution is -2.37. The number of morpholine rings is 1. The van der Waals surface area contributed by atoms with E-state index in [2.05, 4.69) is 26.1 Å². The van der Waals surface area contributed by atoms with E-state index < -0.39 is 6.10 Å². The normalized spacial score (nSPS) is 18.5. The van der Waals surface area contributed by atoms with Gasteiger partial charge in [-0.2, -0.15) is 5.10 Å². The molecule has 0 aliphatic carbocycles. The summed E-state index contributed by atoms with van der Waals surface area (Å²) >= 11 is 0. The van der Waals surface area contributed by atoms with Gasteiger partial charge in [0.15, 0.2) is 0 Å². The lowest BCUT2D eigenvalue weighted by Gasteiger charge is -2.30. The Morgan fingerprint density at radius 2 is 1.97 bits per heavy atom. The van der Waals surface area contributed by atoms with E-state index in [-0.39, 0.29) is 30.8 Å². The van der Waals surface area contributed by atoms with E-state index in [0.29, 0.717) is 38.4 Å². The fraction of sp³-hybridized carbons (Fsp3) is 0.444. The van der Waals surface area contributed by atoms with Crippen molar-refractivity contribution in [2.75, 3.05) is 56.2 Å². The van der Waals surface area contributed by atoms with Crippen LogP contribution < -0.4 is 25.7 Å². The number of hydrogen-bond acceptors (Lipinski definition) is 8. The van der Waals surface area contributed by atoms with Crippen LogP contribution in [0.1, 0.15) is 25.3 Å². The smallest absolute Gasteiger partial charge is 0.240 e. The molecule has 2 aromatic carbocycles. The van der Waals surface area contributed by atoms with E-state index in [0.717, 1.165) is 35.8 Å². The molecule has 0 aromatic heterocycles. The molecular formula is C27H35N5O5. The van der Waals surface area contributed by atoms with Gasteiger partial charge in [0.05, 0.1) is 24.6 Å². The minimum atomic E-state index is -0.705. The summed E-state index contributed by atoms with van der Waals surface area (Å²) in [6.07, 6.45) is -0.0269. The molecule has 2 aliphatic rings. The average Bonchev–Trinajstić information content (AvgIpc) is 2.91. The Morgan fingerprint density at radius 3 is 2.73 bits per heavy atom. The van der Waals surface area contributed by atoms with E-state index in [1.807, 2.05) is 55.5 Å². The topological polar surface area (TPSA) is 125 Å². The summed E-state index contributed by atoms with van der Waals surface area (Å²) in [4.78, 5) is 26.0. The Morgan fingerprint density at radius 1 is 1.22 bits per heavy atom. The quantitative estimate of drug-likeness (QED) is 0.340. The first-order chi connectivity index (χ1) is 18.0. The van der Waals surface area contributed by atoms with E-state index >= 15 is 0 Å². The number of aliphatic hydroxyl groups excluding tert-OH is 1. The molecular weight excluding hydrogens is 474 g/mol. The number of rotatable bonds is 11. The molecule has 198 valence electrons. The molecule has 0 spiro atoms. The lowest BCUT2D eigenvalue weighted by molar-refractivity contribution is -0.122. The molecule has 4 rings (SSSR count). The summed E-state index contributed by atoms with van der Waals surface area (Å²) in [5.41, 5.74) is 5.95. The van der Waals surface area contributed by atoms with Crippen molar-refractivity contribution in [2.45, 2.75) is 25.9 Å². The number of carbonyl (C=O) groups excluding carboxylic acids is 2. The van der Waals surface area contributed by atoms with Gasteiger partial charge in [0.25, 0.3) is 0 Å². The zero-order valence-electron chi connectivity index (χ0n) is 21.1. The minimum absolute atomic E-state index is 0.0422. The number of para-hydroxylation sites is 2. The van der Waals surface area contributed by atoms with Crippen LogP contribution >= 0.6 is 0 Å². The van der Waals surface area contributed by atoms with Gasteiger partial charge in [-0.3, -0.25) is 9.59 Å². The third-order valence-corrected chi connectivity index (χ3v) is 6.28. The van der Waals surface area contributed by atoms with Crippen LogP contribution in [0.2, 0.25) is 0 Å². The van der Waals surface area contributed by atoms with Gasteiger partial charge < -0.3 is 30.1 Å². The maximum absolute atomic E-state index is 12.3. The van der Waals surface area contributed by atoms with Crippen LogP contribution in [0.5, 0.6) is 5.75 Å². The highest BCUT2D eigenvalue weighted by molar-refractivity contribution is 6.06. The number of ether oxygens (including phenoxy) is 2. The molecule has 2 heterocycles. The average molecular weight is 510 g/mol. The van der Waals surface area contributed by atoms with Crippen LogP contribution in [-0.4, -0.2) is 74.7 Å². The monoisotopic (exact) mass is 509 g/mol. The molecule has 0 bridgehead atoms. The first kappa shape index (κ1) is 26.6. The van der Waals surface area contributed by atoms with Gasteiger partial charge >= 0.3 is 0 Å². The third-order valence-electron chi connectivity index (χ3n) is 6.28. The Bertz CT molecular complexity index is 1080. The second-order valence-corrected chi connectivity index (χ2v) is 9.25. The summed E-state index contributed by atoms with van der Waals surface area (Å²) in [6, 6.07) is 15.2. The molecule has 10 nitrogen and oxygen atoms in total. The summed E-state index contributed by atoms with van der Waals surface area (Å²) in [7, 11) is 0. The van der Waals surface area contributed by atoms with Gasteiger partial charge in [0, 0.05) is 50.6 Å². The van der Waals surface area contributed by atoms with Crippen molar-refractivity contribution in [3.05, 3.63) is 54.1 Å². The first-order valence-corrected chi connectivity index (χ1v) is 12.7. The number of nitrogens with zero attached hydrogens (tertiary/aromatic N) is 2. The molecule has 2 amide bonds. The highest BCUT2D eigenvalue weighted by atomic mass is 16.5. The standard InChI is InChI=1S/C27H35N5O5/c1-19-16-26(35)30-31-27(19)20-6-8-21(9-7-20)29-25(34)10-11-28-17-22(33)18-37-24-5-3-2-4-23(24)32-12-14-36-15-13-32/h2-9,19,22,28,33H,10-18H2,1H3,(H,29,34)(H,30,35). The Balaban J connectivity index is 1.15. The number of anilines is 2. The molecule has 1 saturated heterocycles. The van der Waals surface area contributed by atoms with Crippen LogP contribution in [0.3, 0.4) is 0 Å². The number of nitrogens with one attached hydrogen (secondary N) is 3. The summed E-state index contributed by atoms with van der Waals surface area (Å²) < 4.78 is 11.3. The van der Waals surface area contributed by atoms with Crippen LogP contribution in [0.25, 0.3) is 0 Å². The summed E-state index contributed by atoms with van der Waals surface area (Å²) in [5.74, 6) is 0.577. The zero-order valence-corrected chi connectivity index (χ0v) is 21.1. The molecule has 10 heteroatoms. The molecule has 2 atom stereocenters. The lowest BCUT2D eigenvalue weighted by atomic mass is 9.94. The largest absolute Gasteiger partial charge is 0.489 e. The molecule has 2 unspecified atom stereocenters. The molecule has 2 aliphatic heterocycles. The molecule has 0 saturated carbocycles. The molecule has 37 heavy (non-hydrogen) atoms. The Labute approximate surface area is 217 Å². The van der Waals surface area contributed by atoms with Gasteiger partial charge in [-0.1, -0.05) is 31.2 Å². The van der Waals surface area contributed by atoms with E-state index in [1.165, 1.54) is 0 Å². The van der Waals surface area contributed by atoms with Crippen molar-refractivity contribution in [3.63, 3.8) is 0 Å². The highest BCUT2D eigenvalue weighted by Gasteiger charge is 2.21. The van der Waals surface area contributed by atoms with Gasteiger partial charge in [-0.25, -0.2) is 5.43 Å². The van der Waals surface area contributed by atoms with Crippen molar-refractivity contribution in [1.29, 1.82) is 0 Å². The third kappa shape index (κ3) is 7.75. The van der Waals surface area contributed by atoms with Gasteiger partial charge in [-0.05, 0) is 29.8 Å². The number of hydrazone groups is 1. The van der Waals surface area contributed by atoms with Crippen LogP contribution in [-0.2, 0) is 14.3 Å². The van der Waals surface area contributed by atoms with Crippen molar-refractivity contribution in [1.82, 2.24) is 10.7 Å². The van der Waals surface area contributed by atoms with E-state index in [1.54, 1.807) is 0 Å². The molecule has 1 fully saturated rings. The van der Waals surface area contributed by atoms with Gasteiger partial charge in [0.2, 0.25) is 11.8 Å². The van der Waals surface area contributed by atoms with Gasteiger partial charge in [0.1, 0.15) is 18.5 Å². The number of aliphatic hydroxyl groups is 1. The second kappa shape index (κ2) is 13.2. The van der Waals surface area contributed by atoms with Crippen LogP contribution in [0.4, 0.5) is 11.4 Å². The predicted molar refractivity (Wildman–Crippen MR) is 142 cm³/mol. The molecule has 0 radical (unpaired) electrons. The first-order valence-electron chi connectivity index (χ1n) is 12.7. The highest BCUT2D eigenvalue weighted by Crippen LogP contribution is 2.28. The summed E-state index contributed by atoms with van der Waals surface area (Å²) in [6.45, 7) is 5.87. The fourth-order valence-corrected chi connectivity index (χ4v) is 4.31. The predicted octanol–water partition coefficient (Wildman–Crippen LogP) is 1.74. The van der Waals surface area contributed by atoms with Crippen molar-refractivity contribution in [2.24, 2.45) is 11.0 Å². The number of hydrogen-bond donors (Lipinski definition) is 4. The van der Waals surface area contributed by atoms with E-state index in [9.17, 15) is 14.7 Å². The maximum Gasteiger partial charge on any atom is 0.240 e. The second-order valence-electron chi connectivity index (χ2n) is 9.25. The fourth-order valence-electron chi connectivity index (χ4n) is 4.31. The van der Waals surface area contributed by atoms with Crippen LogP contribution in [0, 0.1) is 5.92 Å². The van der Waals surface area contributed by atoms with Crippen molar-refractivity contribution in [3.8, 4) is 5.75 Å². The molecule has 2 aromatic rings.